The highest BCUT2D eigenvalue weighted by molar-refractivity contribution is 5.89. The summed E-state index contributed by atoms with van der Waals surface area (Å²) in [6.07, 6.45) is 2.34. The predicted octanol–water partition coefficient (Wildman–Crippen LogP) is 3.03. The lowest BCUT2D eigenvalue weighted by Crippen LogP contribution is -2.61. The van der Waals surface area contributed by atoms with E-state index in [1.165, 1.54) is 7.11 Å². The third-order valence-corrected chi connectivity index (χ3v) is 7.07. The highest BCUT2D eigenvalue weighted by atomic mass is 19.3. The van der Waals surface area contributed by atoms with E-state index >= 15 is 0 Å². The number of aromatic nitrogens is 6. The van der Waals surface area contributed by atoms with Crippen molar-refractivity contribution in [2.45, 2.75) is 37.4 Å². The van der Waals surface area contributed by atoms with Crippen LogP contribution in [0, 0.1) is 0 Å². The van der Waals surface area contributed by atoms with E-state index < -0.39 is 18.6 Å². The van der Waals surface area contributed by atoms with Crippen LogP contribution in [0.1, 0.15) is 12.8 Å². The van der Waals surface area contributed by atoms with Gasteiger partial charge in [0.05, 0.1) is 51.1 Å². The lowest BCUT2D eigenvalue weighted by molar-refractivity contribution is -0.131. The number of nitrogens with zero attached hydrogens (tertiary/aromatic N) is 7. The van der Waals surface area contributed by atoms with Crippen LogP contribution in [-0.4, -0.2) is 92.6 Å². The predicted molar refractivity (Wildman–Crippen MR) is 130 cm³/mol. The third-order valence-electron chi connectivity index (χ3n) is 7.07. The van der Waals surface area contributed by atoms with Gasteiger partial charge in [-0.15, -0.1) is 10.2 Å². The number of anilines is 1. The Morgan fingerprint density at radius 3 is 2.84 bits per heavy atom. The van der Waals surface area contributed by atoms with Gasteiger partial charge in [0.15, 0.2) is 0 Å². The van der Waals surface area contributed by atoms with Crippen molar-refractivity contribution in [1.29, 1.82) is 0 Å². The summed E-state index contributed by atoms with van der Waals surface area (Å²) in [7, 11) is 1.48. The zero-order valence-electron chi connectivity index (χ0n) is 20.3. The van der Waals surface area contributed by atoms with E-state index in [0.717, 1.165) is 16.6 Å². The minimum Gasteiger partial charge on any atom is -0.479 e. The van der Waals surface area contributed by atoms with Crippen molar-refractivity contribution in [3.05, 3.63) is 30.5 Å². The number of ether oxygens (including phenoxy) is 2. The molecule has 0 unspecified atom stereocenters. The SMILES string of the molecule is COc1nc(N[C@@H]2CCN(C3COC3)CC2(F)F)nn2ccc(-c3ccc4nnn(CCCF)c4c3)c12. The van der Waals surface area contributed by atoms with Crippen LogP contribution in [0.15, 0.2) is 30.5 Å². The summed E-state index contributed by atoms with van der Waals surface area (Å²) in [6, 6.07) is 6.51. The van der Waals surface area contributed by atoms with Gasteiger partial charge in [-0.1, -0.05) is 11.3 Å². The van der Waals surface area contributed by atoms with Gasteiger partial charge in [0, 0.05) is 24.8 Å². The first-order chi connectivity index (χ1) is 18.0. The molecule has 0 saturated carbocycles. The summed E-state index contributed by atoms with van der Waals surface area (Å²) in [5, 5.41) is 15.6. The Kier molecular flexibility index (Phi) is 6.11. The van der Waals surface area contributed by atoms with E-state index in [1.54, 1.807) is 20.3 Å². The molecule has 0 amide bonds. The molecule has 5 heterocycles. The molecule has 2 saturated heterocycles. The number of hydrogen-bond acceptors (Lipinski definition) is 8. The van der Waals surface area contributed by atoms with Crippen molar-refractivity contribution < 1.29 is 22.6 Å². The number of halogens is 3. The highest BCUT2D eigenvalue weighted by Gasteiger charge is 2.47. The van der Waals surface area contributed by atoms with Crippen molar-refractivity contribution >= 4 is 22.5 Å². The van der Waals surface area contributed by atoms with E-state index in [9.17, 15) is 13.2 Å². The minimum atomic E-state index is -2.95. The molecule has 10 nitrogen and oxygen atoms in total. The molecule has 2 aliphatic rings. The smallest absolute Gasteiger partial charge is 0.280 e. The number of rotatable bonds is 8. The number of alkyl halides is 3. The molecule has 13 heteroatoms. The van der Waals surface area contributed by atoms with E-state index in [-0.39, 0.29) is 30.8 Å². The highest BCUT2D eigenvalue weighted by Crippen LogP contribution is 2.35. The van der Waals surface area contributed by atoms with Gasteiger partial charge in [-0.3, -0.25) is 9.29 Å². The van der Waals surface area contributed by atoms with Crippen LogP contribution in [0.5, 0.6) is 5.88 Å². The second-order valence-electron chi connectivity index (χ2n) is 9.43. The molecule has 1 aromatic carbocycles. The zero-order valence-corrected chi connectivity index (χ0v) is 20.3. The molecule has 4 aromatic rings. The largest absolute Gasteiger partial charge is 0.479 e. The minimum absolute atomic E-state index is 0.0650. The van der Waals surface area contributed by atoms with Gasteiger partial charge in [-0.25, -0.2) is 18.0 Å². The fourth-order valence-electron chi connectivity index (χ4n) is 4.98. The van der Waals surface area contributed by atoms with Gasteiger partial charge in [0.1, 0.15) is 11.0 Å². The number of fused-ring (bicyclic) bond motifs is 2. The summed E-state index contributed by atoms with van der Waals surface area (Å²) in [5.74, 6) is -2.62. The topological polar surface area (TPSA) is 94.6 Å². The Labute approximate surface area is 210 Å². The molecule has 1 N–H and O–H groups in total. The van der Waals surface area contributed by atoms with E-state index in [1.807, 2.05) is 24.3 Å². The number of likely N-dealkylation sites (tertiary alicyclic amines) is 1. The Bertz CT molecular complexity index is 1420. The summed E-state index contributed by atoms with van der Waals surface area (Å²) >= 11 is 0. The quantitative estimate of drug-likeness (QED) is 0.382. The Hall–Kier alpha value is -3.45. The first-order valence-electron chi connectivity index (χ1n) is 12.3. The number of piperidine rings is 1. The molecule has 2 fully saturated rings. The lowest BCUT2D eigenvalue weighted by Gasteiger charge is -2.44. The number of benzene rings is 1. The van der Waals surface area contributed by atoms with E-state index in [2.05, 4.69) is 25.7 Å². The van der Waals surface area contributed by atoms with Gasteiger partial charge >= 0.3 is 0 Å². The Morgan fingerprint density at radius 1 is 1.24 bits per heavy atom. The standard InChI is InChI=1S/C24H27F3N8O2/c1-36-22-21-17(15-3-4-18-19(11-15)34(32-30-18)8-2-7-25)5-10-35(21)31-23(29-22)28-20-6-9-33(14-24(20,26)27)16-12-37-13-16/h3-5,10-11,16,20H,2,6-9,12-14H2,1H3,(H,28,31)/t20-/m1/s1. The summed E-state index contributed by atoms with van der Waals surface area (Å²) in [6.45, 7) is 1.22. The molecule has 196 valence electrons. The average molecular weight is 517 g/mol. The zero-order chi connectivity index (χ0) is 25.6. The van der Waals surface area contributed by atoms with Crippen molar-refractivity contribution in [1.82, 2.24) is 34.5 Å². The van der Waals surface area contributed by atoms with Crippen molar-refractivity contribution in [3.8, 4) is 17.0 Å². The molecule has 6 rings (SSSR count). The van der Waals surface area contributed by atoms with Gasteiger partial charge < -0.3 is 14.8 Å². The first kappa shape index (κ1) is 23.9. The molecule has 0 radical (unpaired) electrons. The van der Waals surface area contributed by atoms with Crippen LogP contribution >= 0.6 is 0 Å². The first-order valence-corrected chi connectivity index (χ1v) is 12.3. The molecule has 1 atom stereocenters. The van der Waals surface area contributed by atoms with Crippen LogP contribution in [0.25, 0.3) is 27.7 Å². The summed E-state index contributed by atoms with van der Waals surface area (Å²) < 4.78 is 56.6. The fourth-order valence-corrected chi connectivity index (χ4v) is 4.98. The molecular formula is C24H27F3N8O2. The molecule has 2 aliphatic heterocycles. The van der Waals surface area contributed by atoms with Gasteiger partial charge in [0.25, 0.3) is 5.92 Å². The molecule has 0 spiro atoms. The van der Waals surface area contributed by atoms with Gasteiger partial charge in [0.2, 0.25) is 11.8 Å². The van der Waals surface area contributed by atoms with Crippen LogP contribution in [-0.2, 0) is 11.3 Å². The molecule has 0 bridgehead atoms. The Balaban J connectivity index is 1.29. The van der Waals surface area contributed by atoms with Crippen LogP contribution in [0.4, 0.5) is 19.1 Å². The fraction of sp³-hybridized carbons (Fsp3) is 0.500. The summed E-state index contributed by atoms with van der Waals surface area (Å²) in [5.41, 5.74) is 3.73. The molecule has 3 aromatic heterocycles. The van der Waals surface area contributed by atoms with E-state index in [4.69, 9.17) is 9.47 Å². The maximum absolute atomic E-state index is 15.0. The number of methoxy groups -OCH3 is 1. The number of nitrogens with one attached hydrogen (secondary N) is 1. The molecule has 0 aliphatic carbocycles. The van der Waals surface area contributed by atoms with Crippen LogP contribution < -0.4 is 10.1 Å². The monoisotopic (exact) mass is 516 g/mol. The summed E-state index contributed by atoms with van der Waals surface area (Å²) in [4.78, 5) is 6.22. The van der Waals surface area contributed by atoms with Crippen molar-refractivity contribution in [2.24, 2.45) is 0 Å². The maximum atomic E-state index is 15.0. The second kappa shape index (κ2) is 9.45. The number of hydrogen-bond donors (Lipinski definition) is 1. The van der Waals surface area contributed by atoms with Crippen molar-refractivity contribution in [2.75, 3.05) is 45.4 Å². The van der Waals surface area contributed by atoms with Crippen LogP contribution in [0.3, 0.4) is 0 Å². The molecule has 37 heavy (non-hydrogen) atoms. The lowest BCUT2D eigenvalue weighted by atomic mass is 9.98. The van der Waals surface area contributed by atoms with Crippen molar-refractivity contribution in [3.63, 3.8) is 0 Å². The van der Waals surface area contributed by atoms with E-state index in [0.29, 0.717) is 43.8 Å². The second-order valence-corrected chi connectivity index (χ2v) is 9.43. The third kappa shape index (κ3) is 4.35. The normalized spacial score (nSPS) is 20.4. The Morgan fingerprint density at radius 2 is 2.11 bits per heavy atom. The number of aryl methyl sites for hydroxylation is 1. The average Bonchev–Trinajstić information content (AvgIpc) is 3.46. The van der Waals surface area contributed by atoms with Crippen LogP contribution in [0.2, 0.25) is 0 Å². The van der Waals surface area contributed by atoms with Gasteiger partial charge in [-0.05, 0) is 36.6 Å². The maximum Gasteiger partial charge on any atom is 0.280 e. The van der Waals surface area contributed by atoms with Gasteiger partial charge in [-0.2, -0.15) is 4.98 Å². The molecular weight excluding hydrogens is 489 g/mol.